The lowest BCUT2D eigenvalue weighted by Crippen LogP contribution is -2.38. The fourth-order valence-electron chi connectivity index (χ4n) is 6.04. The average molecular weight is 673 g/mol. The Kier molecular flexibility index (Phi) is 8.78. The molecule has 2 atom stereocenters. The molecule has 1 aliphatic heterocycles. The van der Waals surface area contributed by atoms with Gasteiger partial charge in [-0.25, -0.2) is 16.8 Å². The monoisotopic (exact) mass is 672 g/mol. The van der Waals surface area contributed by atoms with Crippen LogP contribution in [0.2, 0.25) is 5.02 Å². The lowest BCUT2D eigenvalue weighted by molar-refractivity contribution is -0.118. The minimum absolute atomic E-state index is 0.0778. The fourth-order valence-corrected chi connectivity index (χ4v) is 8.80. The van der Waals surface area contributed by atoms with Crippen molar-refractivity contribution in [2.45, 2.75) is 44.5 Å². The van der Waals surface area contributed by atoms with Gasteiger partial charge in [0.1, 0.15) is 29.1 Å². The summed E-state index contributed by atoms with van der Waals surface area (Å²) in [5.74, 6) is -3.83. The van der Waals surface area contributed by atoms with Gasteiger partial charge in [0, 0.05) is 28.6 Å². The summed E-state index contributed by atoms with van der Waals surface area (Å²) < 4.78 is 59.7. The lowest BCUT2D eigenvalue weighted by Gasteiger charge is -2.36. The van der Waals surface area contributed by atoms with Crippen molar-refractivity contribution in [1.29, 1.82) is 0 Å². The summed E-state index contributed by atoms with van der Waals surface area (Å²) >= 11 is 6.86. The van der Waals surface area contributed by atoms with Crippen molar-refractivity contribution in [2.24, 2.45) is 5.41 Å². The normalized spacial score (nSPS) is 19.5. The summed E-state index contributed by atoms with van der Waals surface area (Å²) in [5.41, 5.74) is 1.52. The zero-order chi connectivity index (χ0) is 32.7. The molecule has 0 saturated heterocycles. The van der Waals surface area contributed by atoms with E-state index in [1.54, 1.807) is 22.9 Å². The molecule has 1 heterocycles. The Bertz CT molecular complexity index is 1920. The Balaban J connectivity index is 1.69. The molecule has 3 aromatic rings. The molecule has 0 spiro atoms. The number of fused-ring (bicyclic) bond motifs is 1. The van der Waals surface area contributed by atoms with E-state index in [-0.39, 0.29) is 46.4 Å². The summed E-state index contributed by atoms with van der Waals surface area (Å²) in [4.78, 5) is 26.7. The highest BCUT2D eigenvalue weighted by Crippen LogP contribution is 2.55. The number of anilines is 1. The van der Waals surface area contributed by atoms with Gasteiger partial charge < -0.3 is 15.2 Å². The summed E-state index contributed by atoms with van der Waals surface area (Å²) in [6.07, 6.45) is 1.21. The number of hydrogen-bond donors (Lipinski definition) is 3. The van der Waals surface area contributed by atoms with E-state index >= 15 is 0 Å². The van der Waals surface area contributed by atoms with E-state index < -0.39 is 48.1 Å². The van der Waals surface area contributed by atoms with Crippen molar-refractivity contribution < 1.29 is 36.3 Å². The van der Waals surface area contributed by atoms with Gasteiger partial charge in [0.15, 0.2) is 15.6 Å². The molecule has 0 fully saturated rings. The van der Waals surface area contributed by atoms with E-state index in [1.165, 1.54) is 18.2 Å². The molecule has 10 nitrogen and oxygen atoms in total. The van der Waals surface area contributed by atoms with Crippen LogP contribution in [-0.4, -0.2) is 45.6 Å². The third-order valence-electron chi connectivity index (χ3n) is 7.76. The molecule has 238 valence electrons. The third-order valence-corrected chi connectivity index (χ3v) is 10.7. The topological polar surface area (TPSA) is 156 Å². The van der Waals surface area contributed by atoms with Crippen molar-refractivity contribution in [3.8, 4) is 11.5 Å². The molecule has 3 aromatic carbocycles. The molecule has 2 unspecified atom stereocenters. The van der Waals surface area contributed by atoms with E-state index in [9.17, 15) is 31.5 Å². The first-order valence-electron chi connectivity index (χ1n) is 14.1. The SMILES string of the molecule is CC1(C)CC(=O)C2=C(C1)Nc1c(O)cccc1C(S(=O)(=O)CC(=O)NS(C)(=O)=O)C2c1ccc(OCc2ccccc2)cc1Cl. The fraction of sp³-hybridized carbons (Fsp3) is 0.312. The molecule has 0 radical (unpaired) electrons. The zero-order valence-electron chi connectivity index (χ0n) is 24.8. The number of halogens is 1. The van der Waals surface area contributed by atoms with Crippen LogP contribution in [0.1, 0.15) is 54.5 Å². The van der Waals surface area contributed by atoms with Gasteiger partial charge in [-0.2, -0.15) is 0 Å². The Morgan fingerprint density at radius 1 is 1.02 bits per heavy atom. The maximum absolute atomic E-state index is 14.3. The van der Waals surface area contributed by atoms with Crippen molar-refractivity contribution >= 4 is 48.8 Å². The Hall–Kier alpha value is -3.87. The van der Waals surface area contributed by atoms with Gasteiger partial charge in [0.05, 0.1) is 11.9 Å². The van der Waals surface area contributed by atoms with Crippen LogP contribution in [0.3, 0.4) is 0 Å². The molecule has 1 aliphatic carbocycles. The second-order valence-electron chi connectivity index (χ2n) is 12.2. The van der Waals surface area contributed by atoms with Crippen LogP contribution >= 0.6 is 11.6 Å². The molecule has 45 heavy (non-hydrogen) atoms. The molecule has 3 N–H and O–H groups in total. The number of sulfonamides is 1. The summed E-state index contributed by atoms with van der Waals surface area (Å²) in [6.45, 7) is 4.08. The summed E-state index contributed by atoms with van der Waals surface area (Å²) in [7, 11) is -8.64. The van der Waals surface area contributed by atoms with Gasteiger partial charge in [-0.1, -0.05) is 74.0 Å². The molecular weight excluding hydrogens is 640 g/mol. The number of para-hydroxylation sites is 1. The molecule has 0 bridgehead atoms. The highest BCUT2D eigenvalue weighted by Gasteiger charge is 2.48. The van der Waals surface area contributed by atoms with E-state index in [0.717, 1.165) is 11.8 Å². The maximum atomic E-state index is 14.3. The predicted molar refractivity (Wildman–Crippen MR) is 171 cm³/mol. The zero-order valence-corrected chi connectivity index (χ0v) is 27.2. The number of rotatable bonds is 8. The average Bonchev–Trinajstić information content (AvgIpc) is 3.06. The number of carbonyl (C=O) groups is 2. The molecular formula is C32H33ClN2O8S2. The van der Waals surface area contributed by atoms with Crippen molar-refractivity contribution in [3.63, 3.8) is 0 Å². The minimum Gasteiger partial charge on any atom is -0.506 e. The van der Waals surface area contributed by atoms with Crippen LogP contribution in [0.4, 0.5) is 5.69 Å². The Morgan fingerprint density at radius 2 is 1.73 bits per heavy atom. The van der Waals surface area contributed by atoms with Crippen molar-refractivity contribution in [2.75, 3.05) is 17.3 Å². The van der Waals surface area contributed by atoms with Crippen LogP contribution in [0.5, 0.6) is 11.5 Å². The van der Waals surface area contributed by atoms with Crippen LogP contribution < -0.4 is 14.8 Å². The van der Waals surface area contributed by atoms with Gasteiger partial charge in [-0.05, 0) is 46.7 Å². The molecule has 0 saturated carbocycles. The second-order valence-corrected chi connectivity index (χ2v) is 16.4. The van der Waals surface area contributed by atoms with Gasteiger partial charge in [0.2, 0.25) is 15.9 Å². The number of sulfone groups is 1. The van der Waals surface area contributed by atoms with Gasteiger partial charge >= 0.3 is 0 Å². The van der Waals surface area contributed by atoms with Crippen LogP contribution in [0.15, 0.2) is 78.0 Å². The Morgan fingerprint density at radius 3 is 2.40 bits per heavy atom. The highest BCUT2D eigenvalue weighted by molar-refractivity contribution is 7.93. The standard InChI is InChI=1S/C32H33ClN2O8S2/c1-32(2)15-24-29(26(37)16-32)28(21-13-12-20(14-23(21)33)43-17-19-8-5-4-6-9-19)31(22-10-7-11-25(36)30(22)34-24)45(41,42)18-27(38)35-44(3,39)40/h4-14,28,31,34,36H,15-18H2,1-3H3,(H,35,38). The minimum atomic E-state index is -4.59. The van der Waals surface area contributed by atoms with Gasteiger partial charge in [-0.15, -0.1) is 0 Å². The van der Waals surface area contributed by atoms with E-state index in [1.807, 2.05) is 44.2 Å². The van der Waals surface area contributed by atoms with E-state index in [4.69, 9.17) is 16.3 Å². The largest absolute Gasteiger partial charge is 0.506 e. The van der Waals surface area contributed by atoms with E-state index in [2.05, 4.69) is 5.32 Å². The first kappa shape index (κ1) is 32.5. The third kappa shape index (κ3) is 7.18. The second kappa shape index (κ2) is 12.1. The molecule has 0 aromatic heterocycles. The number of nitrogens with one attached hydrogen (secondary N) is 2. The number of carbonyl (C=O) groups excluding carboxylic acids is 2. The molecule has 13 heteroatoms. The first-order valence-corrected chi connectivity index (χ1v) is 18.1. The molecule has 5 rings (SSSR count). The number of aromatic hydroxyl groups is 1. The number of phenolic OH excluding ortho intramolecular Hbond substituents is 1. The van der Waals surface area contributed by atoms with Gasteiger partial charge in [-0.3, -0.25) is 14.3 Å². The smallest absolute Gasteiger partial charge is 0.248 e. The first-order chi connectivity index (χ1) is 21.0. The number of Topliss-reactive ketones (excluding diaryl/α,β-unsaturated/α-hetero) is 1. The van der Waals surface area contributed by atoms with Crippen LogP contribution in [-0.2, 0) is 36.1 Å². The van der Waals surface area contributed by atoms with E-state index in [0.29, 0.717) is 23.4 Å². The van der Waals surface area contributed by atoms with Crippen LogP contribution in [0.25, 0.3) is 0 Å². The molecule has 2 aliphatic rings. The molecule has 1 amide bonds. The summed E-state index contributed by atoms with van der Waals surface area (Å²) in [6, 6.07) is 18.6. The number of benzene rings is 3. The number of phenols is 1. The highest BCUT2D eigenvalue weighted by atomic mass is 35.5. The number of hydrogen-bond acceptors (Lipinski definition) is 9. The van der Waals surface area contributed by atoms with Crippen molar-refractivity contribution in [1.82, 2.24) is 4.72 Å². The summed E-state index contributed by atoms with van der Waals surface area (Å²) in [5, 5.41) is 12.6. The predicted octanol–water partition coefficient (Wildman–Crippen LogP) is 5.01. The Labute approximate surface area is 267 Å². The van der Waals surface area contributed by atoms with Crippen LogP contribution in [0, 0.1) is 5.41 Å². The number of allylic oxidation sites excluding steroid dienone is 2. The quantitative estimate of drug-likeness (QED) is 0.280. The number of ketones is 1. The lowest BCUT2D eigenvalue weighted by atomic mass is 9.71. The van der Waals surface area contributed by atoms with Gasteiger partial charge in [0.25, 0.3) is 0 Å². The number of amides is 1. The maximum Gasteiger partial charge on any atom is 0.248 e. The number of ether oxygens (including phenoxy) is 1. The van der Waals surface area contributed by atoms with Crippen molar-refractivity contribution in [3.05, 3.63) is 99.7 Å².